The first kappa shape index (κ1) is 77.8. The van der Waals surface area contributed by atoms with Crippen LogP contribution < -0.4 is 9.80 Å². The number of rotatable bonds is 11. The van der Waals surface area contributed by atoms with Gasteiger partial charge >= 0.3 is 0 Å². The number of anilines is 6. The summed E-state index contributed by atoms with van der Waals surface area (Å²) in [6.45, 7) is 56.0. The fourth-order valence-electron chi connectivity index (χ4n) is 17.0. The molecule has 0 bridgehead atoms. The Balaban J connectivity index is 1.03. The van der Waals surface area contributed by atoms with Gasteiger partial charge < -0.3 is 23.5 Å². The summed E-state index contributed by atoms with van der Waals surface area (Å²) in [5, 5.41) is 7.33. The molecule has 13 aromatic carbocycles. The standard InChI is InChI=1S/C110H117N5/c1-103(2,3)74-43-49-93-94-50-44-75(104(4,5)6)62-100(94)113(99(93)61-74)86-39-31-37-84(65-86)111(82-33-27-25-28-34-82)88-67-89(112(83-35-29-26-30-36-83)85-38-32-40-87(66-85)114-101-63-76(105(7,8)9)45-51-95(101)96-52-46-77(64-102(96)114)106(10,11)12)69-90(68-88)115-97-57-70(72-53-78(107(13,14)15)59-79(54-72)108(16,17)18)41-47-91(97)92-48-42-71(58-98(92)115)73-55-80(109(19,20)21)60-81(56-73)110(22,23)24/h25-69H,1-24H3. The van der Waals surface area contributed by atoms with Gasteiger partial charge in [-0.3, -0.25) is 0 Å². The van der Waals surface area contributed by atoms with Gasteiger partial charge in [0.1, 0.15) is 0 Å². The molecule has 0 aliphatic rings. The van der Waals surface area contributed by atoms with Crippen molar-refractivity contribution in [3.8, 4) is 39.3 Å². The zero-order valence-electron chi connectivity index (χ0n) is 72.7. The molecule has 0 saturated heterocycles. The Morgan fingerprint density at radius 3 is 0.687 bits per heavy atom. The molecule has 0 atom stereocenters. The molecule has 5 heteroatoms. The van der Waals surface area contributed by atoms with E-state index in [2.05, 4.69) is 463 Å². The van der Waals surface area contributed by atoms with E-state index in [1.165, 1.54) is 121 Å². The maximum atomic E-state index is 2.61. The second-order valence-corrected chi connectivity index (χ2v) is 41.1. The molecule has 3 aromatic heterocycles. The normalized spacial score (nSPS) is 13.0. The van der Waals surface area contributed by atoms with E-state index in [0.29, 0.717) is 0 Å². The number of benzene rings is 13. The Morgan fingerprint density at radius 2 is 0.409 bits per heavy atom. The lowest BCUT2D eigenvalue weighted by atomic mass is 9.79. The molecule has 3 heterocycles. The van der Waals surface area contributed by atoms with Crippen LogP contribution >= 0.6 is 0 Å². The summed E-state index contributed by atoms with van der Waals surface area (Å²) in [5.74, 6) is 0. The number of aromatic nitrogens is 3. The van der Waals surface area contributed by atoms with Gasteiger partial charge in [-0.1, -0.05) is 324 Å². The van der Waals surface area contributed by atoms with Crippen LogP contribution in [0.2, 0.25) is 0 Å². The van der Waals surface area contributed by atoms with Gasteiger partial charge in [0.05, 0.1) is 50.2 Å². The highest BCUT2D eigenvalue weighted by atomic mass is 15.2. The first-order valence-corrected chi connectivity index (χ1v) is 41.7. The van der Waals surface area contributed by atoms with Gasteiger partial charge in [0.2, 0.25) is 0 Å². The first-order valence-electron chi connectivity index (χ1n) is 41.7. The Labute approximate surface area is 684 Å². The van der Waals surface area contributed by atoms with Gasteiger partial charge in [-0.25, -0.2) is 0 Å². The van der Waals surface area contributed by atoms with Crippen LogP contribution in [0.5, 0.6) is 0 Å². The molecular formula is C110H117N5. The minimum Gasteiger partial charge on any atom is -0.310 e. The zero-order chi connectivity index (χ0) is 81.8. The predicted octanol–water partition coefficient (Wildman–Crippen LogP) is 31.6. The van der Waals surface area contributed by atoms with Gasteiger partial charge in [0.15, 0.2) is 0 Å². The highest BCUT2D eigenvalue weighted by Gasteiger charge is 2.30. The van der Waals surface area contributed by atoms with E-state index in [1.807, 2.05) is 0 Å². The predicted molar refractivity (Wildman–Crippen MR) is 499 cm³/mol. The van der Waals surface area contributed by atoms with E-state index in [9.17, 15) is 0 Å². The maximum Gasteiger partial charge on any atom is 0.0547 e. The summed E-state index contributed by atoms with van der Waals surface area (Å²) in [5.41, 5.74) is 30.9. The largest absolute Gasteiger partial charge is 0.310 e. The van der Waals surface area contributed by atoms with Crippen LogP contribution in [0, 0.1) is 0 Å². The maximum absolute atomic E-state index is 2.61. The van der Waals surface area contributed by atoms with E-state index in [0.717, 1.165) is 62.2 Å². The Hall–Kier alpha value is -11.1. The molecular weight excluding hydrogens is 1390 g/mol. The molecule has 16 rings (SSSR count). The van der Waals surface area contributed by atoms with E-state index in [-0.39, 0.29) is 43.3 Å². The average molecular weight is 1510 g/mol. The molecule has 0 fully saturated rings. The van der Waals surface area contributed by atoms with Crippen LogP contribution in [-0.2, 0) is 43.3 Å². The summed E-state index contributed by atoms with van der Waals surface area (Å²) in [6.07, 6.45) is 0. The minimum absolute atomic E-state index is 0.0766. The Morgan fingerprint density at radius 1 is 0.165 bits per heavy atom. The van der Waals surface area contributed by atoms with E-state index in [4.69, 9.17) is 0 Å². The van der Waals surface area contributed by atoms with Gasteiger partial charge in [-0.15, -0.1) is 0 Å². The summed E-state index contributed by atoms with van der Waals surface area (Å²) < 4.78 is 7.68. The number of hydrogen-bond donors (Lipinski definition) is 0. The van der Waals surface area contributed by atoms with E-state index < -0.39 is 0 Å². The Bertz CT molecular complexity index is 5870. The summed E-state index contributed by atoms with van der Waals surface area (Å²) >= 11 is 0. The monoisotopic (exact) mass is 1510 g/mol. The highest BCUT2D eigenvalue weighted by molar-refractivity contribution is 6.13. The lowest BCUT2D eigenvalue weighted by Crippen LogP contribution is -2.16. The fourth-order valence-corrected chi connectivity index (χ4v) is 17.0. The highest BCUT2D eigenvalue weighted by Crippen LogP contribution is 2.49. The molecule has 0 spiro atoms. The van der Waals surface area contributed by atoms with Crippen molar-refractivity contribution >= 4 is 99.5 Å². The molecule has 0 unspecified atom stereocenters. The third kappa shape index (κ3) is 14.7. The van der Waals surface area contributed by atoms with Crippen LogP contribution in [0.3, 0.4) is 0 Å². The van der Waals surface area contributed by atoms with Crippen molar-refractivity contribution in [3.05, 3.63) is 317 Å². The van der Waals surface area contributed by atoms with Crippen molar-refractivity contribution in [2.45, 2.75) is 209 Å². The van der Waals surface area contributed by atoms with Gasteiger partial charge in [0.25, 0.3) is 0 Å². The van der Waals surface area contributed by atoms with Crippen LogP contribution in [0.4, 0.5) is 34.1 Å². The summed E-state index contributed by atoms with van der Waals surface area (Å²) in [7, 11) is 0. The van der Waals surface area contributed by atoms with Crippen LogP contribution in [0.15, 0.2) is 273 Å². The molecule has 0 radical (unpaired) electrons. The van der Waals surface area contributed by atoms with Crippen LogP contribution in [0.25, 0.3) is 105 Å². The molecule has 0 N–H and O–H groups in total. The van der Waals surface area contributed by atoms with Crippen molar-refractivity contribution in [2.75, 3.05) is 9.80 Å². The second kappa shape index (κ2) is 27.8. The SMILES string of the molecule is CC(C)(C)c1cc(-c2ccc3c4ccc(-c5cc(C(C)(C)C)cc(C(C)(C)C)c5)cc4n(-c4cc(N(c5ccccc5)c5cccc(-n6c7cc(C(C)(C)C)ccc7c7ccc(C(C)(C)C)cc76)c5)cc(N(c5ccccc5)c5cccc(-n6c7cc(C(C)(C)C)ccc7c7ccc(C(C)(C)C)cc76)c5)c4)c3c2)cc(C(C)(C)C)c1. The van der Waals surface area contributed by atoms with Gasteiger partial charge in [-0.2, -0.15) is 0 Å². The van der Waals surface area contributed by atoms with Crippen LogP contribution in [0.1, 0.15) is 211 Å². The average Bonchev–Trinajstić information content (AvgIpc) is 1.59. The lowest BCUT2D eigenvalue weighted by Gasteiger charge is -2.31. The Kier molecular flexibility index (Phi) is 18.8. The second-order valence-electron chi connectivity index (χ2n) is 41.1. The van der Waals surface area contributed by atoms with Crippen molar-refractivity contribution in [1.29, 1.82) is 0 Å². The molecule has 16 aromatic rings. The van der Waals surface area contributed by atoms with Crippen molar-refractivity contribution < 1.29 is 0 Å². The smallest absolute Gasteiger partial charge is 0.0547 e. The van der Waals surface area contributed by atoms with Crippen molar-refractivity contribution in [3.63, 3.8) is 0 Å². The molecule has 0 aliphatic heterocycles. The first-order chi connectivity index (χ1) is 54.0. The third-order valence-corrected chi connectivity index (χ3v) is 24.1. The zero-order valence-corrected chi connectivity index (χ0v) is 72.7. The number of nitrogens with zero attached hydrogens (tertiary/aromatic N) is 5. The molecule has 0 amide bonds. The molecule has 5 nitrogen and oxygen atoms in total. The van der Waals surface area contributed by atoms with Crippen LogP contribution in [-0.4, -0.2) is 13.7 Å². The summed E-state index contributed by atoms with van der Waals surface area (Å²) in [6, 6.07) is 106. The minimum atomic E-state index is -0.0856. The van der Waals surface area contributed by atoms with Gasteiger partial charge in [-0.05, 0) is 225 Å². The van der Waals surface area contributed by atoms with E-state index >= 15 is 0 Å². The van der Waals surface area contributed by atoms with Gasteiger partial charge in [0, 0.05) is 66.4 Å². The number of para-hydroxylation sites is 2. The number of fused-ring (bicyclic) bond motifs is 9. The lowest BCUT2D eigenvalue weighted by molar-refractivity contribution is 0.568. The number of hydrogen-bond acceptors (Lipinski definition) is 2. The van der Waals surface area contributed by atoms with E-state index in [1.54, 1.807) is 0 Å². The topological polar surface area (TPSA) is 21.3 Å². The molecule has 0 saturated carbocycles. The summed E-state index contributed by atoms with van der Waals surface area (Å²) in [4.78, 5) is 5.01. The van der Waals surface area contributed by atoms with Crippen molar-refractivity contribution in [1.82, 2.24) is 13.7 Å². The third-order valence-electron chi connectivity index (χ3n) is 24.1. The van der Waals surface area contributed by atoms with Crippen molar-refractivity contribution in [2.24, 2.45) is 0 Å². The fraction of sp³-hybridized carbons (Fsp3) is 0.291. The molecule has 115 heavy (non-hydrogen) atoms. The molecule has 0 aliphatic carbocycles. The quantitative estimate of drug-likeness (QED) is 0.129. The molecule has 582 valence electrons.